The highest BCUT2D eigenvalue weighted by Gasteiger charge is 2.28. The molecule has 0 radical (unpaired) electrons. The number of fused-ring (bicyclic) bond motifs is 1. The number of nitrogens with zero attached hydrogens (tertiary/aromatic N) is 1. The molecule has 5 aromatic rings. The van der Waals surface area contributed by atoms with Gasteiger partial charge in [-0.25, -0.2) is 20.8 Å². The Morgan fingerprint density at radius 1 is 0.684 bits per heavy atom. The van der Waals surface area contributed by atoms with Gasteiger partial charge in [0.1, 0.15) is 0 Å². The zero-order valence-electron chi connectivity index (χ0n) is 20.2. The molecular weight excluding hydrogens is 522 g/mol. The van der Waals surface area contributed by atoms with Crippen molar-refractivity contribution in [3.63, 3.8) is 0 Å². The van der Waals surface area contributed by atoms with Gasteiger partial charge in [0.2, 0.25) is 0 Å². The molecule has 0 aliphatic carbocycles. The summed E-state index contributed by atoms with van der Waals surface area (Å²) in [6.07, 6.45) is 0. The number of para-hydroxylation sites is 1. The number of aromatic nitrogens is 1. The number of sulfonamides is 1. The maximum Gasteiger partial charge on any atom is 0.268 e. The molecule has 0 unspecified atom stereocenters. The van der Waals surface area contributed by atoms with E-state index in [4.69, 9.17) is 0 Å². The Balaban J connectivity index is 1.68. The maximum absolute atomic E-state index is 13.7. The quantitative estimate of drug-likeness (QED) is 0.290. The van der Waals surface area contributed by atoms with Gasteiger partial charge in [-0.1, -0.05) is 54.6 Å². The first-order chi connectivity index (χ1) is 18.2. The number of carbonyl (C=O) groups excluding carboxylic acids is 1. The lowest BCUT2D eigenvalue weighted by atomic mass is 10.1. The molecule has 1 amide bonds. The van der Waals surface area contributed by atoms with Crippen molar-refractivity contribution in [2.75, 3.05) is 10.0 Å². The van der Waals surface area contributed by atoms with Gasteiger partial charge < -0.3 is 5.32 Å². The van der Waals surface area contributed by atoms with Gasteiger partial charge in [0.05, 0.1) is 20.9 Å². The van der Waals surface area contributed by atoms with Crippen LogP contribution in [0.3, 0.4) is 0 Å². The van der Waals surface area contributed by atoms with E-state index in [1.54, 1.807) is 67.6 Å². The zero-order valence-corrected chi connectivity index (χ0v) is 21.8. The van der Waals surface area contributed by atoms with Crippen molar-refractivity contribution in [2.24, 2.45) is 0 Å². The molecule has 1 aromatic heterocycles. The minimum atomic E-state index is -4.07. The molecule has 1 heterocycles. The third kappa shape index (κ3) is 4.67. The third-order valence-corrected chi connectivity index (χ3v) is 9.21. The molecule has 8 nitrogen and oxygen atoms in total. The van der Waals surface area contributed by atoms with Crippen LogP contribution in [0.4, 0.5) is 11.4 Å². The summed E-state index contributed by atoms with van der Waals surface area (Å²) in [5.74, 6) is -0.524. The summed E-state index contributed by atoms with van der Waals surface area (Å²) in [5, 5.41) is 3.08. The van der Waals surface area contributed by atoms with E-state index >= 15 is 0 Å². The van der Waals surface area contributed by atoms with Crippen LogP contribution in [-0.4, -0.2) is 26.7 Å². The van der Waals surface area contributed by atoms with E-state index in [2.05, 4.69) is 10.0 Å². The van der Waals surface area contributed by atoms with Gasteiger partial charge in [-0.2, -0.15) is 0 Å². The minimum absolute atomic E-state index is 0.0591. The van der Waals surface area contributed by atoms with Crippen LogP contribution in [0.1, 0.15) is 16.1 Å². The second-order valence-corrected chi connectivity index (χ2v) is 12.0. The number of nitrogens with one attached hydrogen (secondary N) is 2. The molecule has 5 rings (SSSR count). The zero-order chi connectivity index (χ0) is 26.9. The average molecular weight is 546 g/mol. The molecule has 10 heteroatoms. The van der Waals surface area contributed by atoms with Crippen LogP contribution in [0, 0.1) is 6.92 Å². The first-order valence-electron chi connectivity index (χ1n) is 11.6. The Hall–Kier alpha value is -4.41. The Kier molecular flexibility index (Phi) is 6.52. The monoisotopic (exact) mass is 545 g/mol. The van der Waals surface area contributed by atoms with Crippen LogP contribution in [0.15, 0.2) is 119 Å². The normalized spacial score (nSPS) is 11.8. The lowest BCUT2D eigenvalue weighted by molar-refractivity contribution is 0.102. The molecular formula is C28H23N3O5S2. The molecule has 0 aliphatic rings. The highest BCUT2D eigenvalue weighted by molar-refractivity contribution is 7.92. The summed E-state index contributed by atoms with van der Waals surface area (Å²) in [5.41, 5.74) is 1.27. The van der Waals surface area contributed by atoms with Crippen molar-refractivity contribution in [1.82, 2.24) is 3.97 Å². The van der Waals surface area contributed by atoms with E-state index in [0.29, 0.717) is 5.69 Å². The van der Waals surface area contributed by atoms with Crippen molar-refractivity contribution in [1.29, 1.82) is 0 Å². The Labute approximate surface area is 220 Å². The van der Waals surface area contributed by atoms with Gasteiger partial charge in [0, 0.05) is 22.5 Å². The van der Waals surface area contributed by atoms with Crippen LogP contribution in [-0.2, 0) is 20.0 Å². The van der Waals surface area contributed by atoms with Crippen LogP contribution < -0.4 is 10.0 Å². The van der Waals surface area contributed by atoms with E-state index < -0.39 is 26.0 Å². The Morgan fingerprint density at radius 3 is 1.84 bits per heavy atom. The topological polar surface area (TPSA) is 114 Å². The maximum atomic E-state index is 13.7. The summed E-state index contributed by atoms with van der Waals surface area (Å²) in [4.78, 5) is 13.6. The molecule has 0 bridgehead atoms. The summed E-state index contributed by atoms with van der Waals surface area (Å²) in [7, 11) is -7.99. The first-order valence-corrected chi connectivity index (χ1v) is 14.5. The summed E-state index contributed by atoms with van der Waals surface area (Å²) in [6.45, 7) is 1.55. The van der Waals surface area contributed by atoms with Gasteiger partial charge in [-0.15, -0.1) is 0 Å². The number of amides is 1. The molecule has 38 heavy (non-hydrogen) atoms. The fraction of sp³-hybridized carbons (Fsp3) is 0.0357. The standard InChI is InChI=1S/C28H23N3O5S2/c1-20-27(28(32)29-21-11-5-2-6-12-21)25-19-22(30-37(33,34)23-13-7-3-8-14-23)17-18-26(25)31(20)38(35,36)24-15-9-4-10-16-24/h2-19,30H,1H3,(H,29,32). The van der Waals surface area contributed by atoms with Crippen molar-refractivity contribution < 1.29 is 21.6 Å². The van der Waals surface area contributed by atoms with Crippen LogP contribution in [0.25, 0.3) is 10.9 Å². The predicted molar refractivity (Wildman–Crippen MR) is 147 cm³/mol. The number of hydrogen-bond donors (Lipinski definition) is 2. The van der Waals surface area contributed by atoms with Gasteiger partial charge in [-0.3, -0.25) is 9.52 Å². The molecule has 4 aromatic carbocycles. The average Bonchev–Trinajstić information content (AvgIpc) is 3.21. The second-order valence-electron chi connectivity index (χ2n) is 8.51. The van der Waals surface area contributed by atoms with Gasteiger partial charge in [-0.05, 0) is 61.5 Å². The number of anilines is 2. The summed E-state index contributed by atoms with van der Waals surface area (Å²) < 4.78 is 56.8. The smallest absolute Gasteiger partial charge is 0.268 e. The fourth-order valence-corrected chi connectivity index (χ4v) is 6.93. The molecule has 0 fully saturated rings. The van der Waals surface area contributed by atoms with Gasteiger partial charge in [0.25, 0.3) is 26.0 Å². The van der Waals surface area contributed by atoms with Crippen molar-refractivity contribution in [2.45, 2.75) is 16.7 Å². The predicted octanol–water partition coefficient (Wildman–Crippen LogP) is 5.24. The SMILES string of the molecule is Cc1c(C(=O)Nc2ccccc2)c2cc(NS(=O)(=O)c3ccccc3)ccc2n1S(=O)(=O)c1ccccc1. The van der Waals surface area contributed by atoms with Crippen LogP contribution >= 0.6 is 0 Å². The van der Waals surface area contributed by atoms with E-state index in [9.17, 15) is 21.6 Å². The fourth-order valence-electron chi connectivity index (χ4n) is 4.28. The van der Waals surface area contributed by atoms with Gasteiger partial charge in [0.15, 0.2) is 0 Å². The van der Waals surface area contributed by atoms with Crippen molar-refractivity contribution in [3.05, 3.63) is 120 Å². The summed E-state index contributed by atoms with van der Waals surface area (Å²) >= 11 is 0. The molecule has 0 aliphatic heterocycles. The summed E-state index contributed by atoms with van der Waals surface area (Å²) in [6, 6.07) is 29.0. The molecule has 0 spiro atoms. The minimum Gasteiger partial charge on any atom is -0.322 e. The highest BCUT2D eigenvalue weighted by Crippen LogP contribution is 2.33. The number of hydrogen-bond acceptors (Lipinski definition) is 5. The molecule has 0 saturated carbocycles. The van der Waals surface area contributed by atoms with E-state index in [-0.39, 0.29) is 37.6 Å². The van der Waals surface area contributed by atoms with Crippen molar-refractivity contribution >= 4 is 48.2 Å². The lowest BCUT2D eigenvalue weighted by Gasteiger charge is -2.11. The molecule has 0 atom stereocenters. The van der Waals surface area contributed by atoms with Crippen LogP contribution in [0.5, 0.6) is 0 Å². The largest absolute Gasteiger partial charge is 0.322 e. The molecule has 0 saturated heterocycles. The number of carbonyl (C=O) groups is 1. The first kappa shape index (κ1) is 25.2. The second kappa shape index (κ2) is 9.81. The van der Waals surface area contributed by atoms with E-state index in [1.807, 2.05) is 6.07 Å². The van der Waals surface area contributed by atoms with Crippen LogP contribution in [0.2, 0.25) is 0 Å². The molecule has 192 valence electrons. The van der Waals surface area contributed by atoms with E-state index in [1.165, 1.54) is 42.5 Å². The Morgan fingerprint density at radius 2 is 1.24 bits per heavy atom. The van der Waals surface area contributed by atoms with E-state index in [0.717, 1.165) is 3.97 Å². The lowest BCUT2D eigenvalue weighted by Crippen LogP contribution is -2.17. The third-order valence-electron chi connectivity index (χ3n) is 6.00. The van der Waals surface area contributed by atoms with Crippen molar-refractivity contribution in [3.8, 4) is 0 Å². The number of rotatable bonds is 7. The van der Waals surface area contributed by atoms with Gasteiger partial charge >= 0.3 is 0 Å². The highest BCUT2D eigenvalue weighted by atomic mass is 32.2. The molecule has 2 N–H and O–H groups in total. The number of benzene rings is 4. The Bertz CT molecular complexity index is 1850.